The SMILES string of the molecule is CCCCCC(C)(Cc1ccc(OCCC(C)C)cc1)NC(=C1C(=O)OC(C)(C)OC1=O)c1ccc(OC)cc1OC. The lowest BCUT2D eigenvalue weighted by atomic mass is 9.86. The summed E-state index contributed by atoms with van der Waals surface area (Å²) in [5, 5.41) is 3.61. The molecule has 0 spiro atoms. The summed E-state index contributed by atoms with van der Waals surface area (Å²) in [6.07, 6.45) is 5.49. The molecule has 230 valence electrons. The molecule has 1 unspecified atom stereocenters. The molecule has 1 heterocycles. The number of rotatable bonds is 15. The van der Waals surface area contributed by atoms with Gasteiger partial charge in [0.1, 0.15) is 17.2 Å². The topological polar surface area (TPSA) is 92.3 Å². The molecule has 8 heteroatoms. The van der Waals surface area contributed by atoms with Crippen LogP contribution in [0.5, 0.6) is 17.2 Å². The van der Waals surface area contributed by atoms with Crippen LogP contribution in [-0.2, 0) is 25.5 Å². The van der Waals surface area contributed by atoms with Crippen molar-refractivity contribution < 1.29 is 33.3 Å². The van der Waals surface area contributed by atoms with E-state index in [0.29, 0.717) is 41.7 Å². The molecule has 0 amide bonds. The molecule has 1 aliphatic rings. The molecule has 0 saturated carbocycles. The van der Waals surface area contributed by atoms with Gasteiger partial charge >= 0.3 is 11.9 Å². The number of hydrogen-bond donors (Lipinski definition) is 1. The van der Waals surface area contributed by atoms with Crippen LogP contribution in [0.3, 0.4) is 0 Å². The molecule has 3 rings (SSSR count). The Morgan fingerprint density at radius 1 is 0.952 bits per heavy atom. The molecular weight excluding hydrogens is 534 g/mol. The Bertz CT molecular complexity index is 1230. The summed E-state index contributed by atoms with van der Waals surface area (Å²) in [6.45, 7) is 12.4. The molecule has 0 bridgehead atoms. The van der Waals surface area contributed by atoms with Crippen molar-refractivity contribution >= 4 is 17.6 Å². The largest absolute Gasteiger partial charge is 0.497 e. The Labute approximate surface area is 250 Å². The minimum atomic E-state index is -1.36. The maximum absolute atomic E-state index is 13.3. The normalized spacial score (nSPS) is 15.9. The van der Waals surface area contributed by atoms with Crippen LogP contribution in [0.2, 0.25) is 0 Å². The Balaban J connectivity index is 2.05. The van der Waals surface area contributed by atoms with E-state index in [1.54, 1.807) is 25.3 Å². The summed E-state index contributed by atoms with van der Waals surface area (Å²) < 4.78 is 28.0. The number of carbonyl (C=O) groups is 2. The van der Waals surface area contributed by atoms with Crippen molar-refractivity contribution in [3.63, 3.8) is 0 Å². The predicted octanol–water partition coefficient (Wildman–Crippen LogP) is 6.85. The quantitative estimate of drug-likeness (QED) is 0.106. The van der Waals surface area contributed by atoms with E-state index in [2.05, 4.69) is 45.1 Å². The van der Waals surface area contributed by atoms with Crippen molar-refractivity contribution in [3.8, 4) is 17.2 Å². The molecule has 1 aliphatic heterocycles. The first-order valence-electron chi connectivity index (χ1n) is 14.8. The lowest BCUT2D eigenvalue weighted by Crippen LogP contribution is -2.47. The zero-order chi connectivity index (χ0) is 30.9. The molecule has 1 fully saturated rings. The van der Waals surface area contributed by atoms with Crippen molar-refractivity contribution in [2.24, 2.45) is 5.92 Å². The number of unbranched alkanes of at least 4 members (excludes halogenated alkanes) is 2. The van der Waals surface area contributed by atoms with Gasteiger partial charge in [-0.05, 0) is 61.9 Å². The third kappa shape index (κ3) is 8.91. The number of carbonyl (C=O) groups excluding carboxylic acids is 2. The van der Waals surface area contributed by atoms with Crippen LogP contribution < -0.4 is 19.5 Å². The third-order valence-corrected chi connectivity index (χ3v) is 7.25. The molecule has 2 aromatic rings. The average molecular weight is 582 g/mol. The molecule has 42 heavy (non-hydrogen) atoms. The van der Waals surface area contributed by atoms with Crippen LogP contribution in [0, 0.1) is 5.92 Å². The van der Waals surface area contributed by atoms with Gasteiger partial charge in [0.2, 0.25) is 0 Å². The molecule has 0 radical (unpaired) electrons. The summed E-state index contributed by atoms with van der Waals surface area (Å²) in [7, 11) is 3.10. The predicted molar refractivity (Wildman–Crippen MR) is 164 cm³/mol. The lowest BCUT2D eigenvalue weighted by Gasteiger charge is -2.36. The molecule has 8 nitrogen and oxygen atoms in total. The highest BCUT2D eigenvalue weighted by Gasteiger charge is 2.42. The first-order chi connectivity index (χ1) is 19.9. The first-order valence-corrected chi connectivity index (χ1v) is 14.8. The van der Waals surface area contributed by atoms with Crippen molar-refractivity contribution in [2.75, 3.05) is 20.8 Å². The fourth-order valence-electron chi connectivity index (χ4n) is 4.95. The molecule has 1 atom stereocenters. The Hall–Kier alpha value is -3.68. The van der Waals surface area contributed by atoms with Gasteiger partial charge in [-0.1, -0.05) is 52.2 Å². The van der Waals surface area contributed by atoms with Crippen LogP contribution >= 0.6 is 0 Å². The van der Waals surface area contributed by atoms with Crippen molar-refractivity contribution in [3.05, 3.63) is 59.2 Å². The zero-order valence-corrected chi connectivity index (χ0v) is 26.4. The molecule has 2 aromatic carbocycles. The van der Waals surface area contributed by atoms with Gasteiger partial charge in [-0.2, -0.15) is 0 Å². The number of esters is 2. The van der Waals surface area contributed by atoms with Gasteiger partial charge < -0.3 is 29.0 Å². The monoisotopic (exact) mass is 581 g/mol. The lowest BCUT2D eigenvalue weighted by molar-refractivity contribution is -0.222. The van der Waals surface area contributed by atoms with E-state index in [-0.39, 0.29) is 5.57 Å². The van der Waals surface area contributed by atoms with Gasteiger partial charge in [-0.3, -0.25) is 0 Å². The van der Waals surface area contributed by atoms with Crippen molar-refractivity contribution in [1.82, 2.24) is 5.32 Å². The fourth-order valence-corrected chi connectivity index (χ4v) is 4.95. The summed E-state index contributed by atoms with van der Waals surface area (Å²) in [5.74, 6) is -0.440. The summed E-state index contributed by atoms with van der Waals surface area (Å²) >= 11 is 0. The smallest absolute Gasteiger partial charge is 0.351 e. The highest BCUT2D eigenvalue weighted by atomic mass is 16.7. The summed E-state index contributed by atoms with van der Waals surface area (Å²) in [5.41, 5.74) is 1.17. The second-order valence-corrected chi connectivity index (χ2v) is 12.0. The van der Waals surface area contributed by atoms with E-state index < -0.39 is 23.3 Å². The van der Waals surface area contributed by atoms with E-state index >= 15 is 0 Å². The number of methoxy groups -OCH3 is 2. The van der Waals surface area contributed by atoms with Crippen LogP contribution in [0.1, 0.15) is 84.8 Å². The van der Waals surface area contributed by atoms with Crippen LogP contribution in [0.25, 0.3) is 5.70 Å². The summed E-state index contributed by atoms with van der Waals surface area (Å²) in [6, 6.07) is 13.4. The van der Waals surface area contributed by atoms with E-state index in [0.717, 1.165) is 43.4 Å². The number of benzene rings is 2. The van der Waals surface area contributed by atoms with Gasteiger partial charge in [0.25, 0.3) is 5.79 Å². The Kier molecular flexibility index (Phi) is 11.3. The number of nitrogens with one attached hydrogen (secondary N) is 1. The molecule has 1 saturated heterocycles. The Morgan fingerprint density at radius 2 is 1.60 bits per heavy atom. The van der Waals surface area contributed by atoms with E-state index in [4.69, 9.17) is 23.7 Å². The van der Waals surface area contributed by atoms with Gasteiger partial charge in [0.15, 0.2) is 5.57 Å². The van der Waals surface area contributed by atoms with Crippen molar-refractivity contribution in [2.45, 2.75) is 91.4 Å². The zero-order valence-electron chi connectivity index (χ0n) is 26.4. The number of ether oxygens (including phenoxy) is 5. The highest BCUT2D eigenvalue weighted by Crippen LogP contribution is 2.36. The first kappa shape index (κ1) is 32.8. The van der Waals surface area contributed by atoms with Gasteiger partial charge in [0.05, 0.1) is 26.5 Å². The number of cyclic esters (lactones) is 2. The van der Waals surface area contributed by atoms with Gasteiger partial charge in [-0.25, -0.2) is 9.59 Å². The van der Waals surface area contributed by atoms with E-state index in [1.165, 1.54) is 21.0 Å². The summed E-state index contributed by atoms with van der Waals surface area (Å²) in [4.78, 5) is 26.7. The average Bonchev–Trinajstić information content (AvgIpc) is 2.92. The minimum Gasteiger partial charge on any atom is -0.497 e. The van der Waals surface area contributed by atoms with E-state index in [1.807, 2.05) is 12.1 Å². The maximum Gasteiger partial charge on any atom is 0.351 e. The fraction of sp³-hybridized carbons (Fsp3) is 0.529. The standard InChI is InChI=1S/C34H47NO7/c1-9-10-11-19-34(6,22-24-12-14-25(15-13-24)40-20-18-23(2)3)35-30(27-17-16-26(38-7)21-28(27)39-8)29-31(36)41-33(4,5)42-32(29)37/h12-17,21,23,35H,9-11,18-20,22H2,1-8H3. The van der Waals surface area contributed by atoms with Crippen LogP contribution in [0.15, 0.2) is 48.0 Å². The molecule has 0 aliphatic carbocycles. The highest BCUT2D eigenvalue weighted by molar-refractivity contribution is 6.21. The minimum absolute atomic E-state index is 0.201. The molecule has 0 aromatic heterocycles. The van der Waals surface area contributed by atoms with Crippen LogP contribution in [-0.4, -0.2) is 44.1 Å². The number of hydrogen-bond acceptors (Lipinski definition) is 8. The van der Waals surface area contributed by atoms with Gasteiger partial charge in [-0.15, -0.1) is 0 Å². The third-order valence-electron chi connectivity index (χ3n) is 7.25. The van der Waals surface area contributed by atoms with E-state index in [9.17, 15) is 9.59 Å². The van der Waals surface area contributed by atoms with Crippen LogP contribution in [0.4, 0.5) is 0 Å². The maximum atomic E-state index is 13.3. The van der Waals surface area contributed by atoms with Crippen molar-refractivity contribution in [1.29, 1.82) is 0 Å². The molecular formula is C34H47NO7. The Morgan fingerprint density at radius 3 is 2.17 bits per heavy atom. The second-order valence-electron chi connectivity index (χ2n) is 12.0. The second kappa shape index (κ2) is 14.5. The molecule has 1 N–H and O–H groups in total. The van der Waals surface area contributed by atoms with Gasteiger partial charge in [0, 0.05) is 31.0 Å².